The van der Waals surface area contributed by atoms with Gasteiger partial charge in [0.1, 0.15) is 5.75 Å². The molecule has 3 nitrogen and oxygen atoms in total. The Morgan fingerprint density at radius 1 is 1.17 bits per heavy atom. The molecule has 0 atom stereocenters. The minimum Gasteiger partial charge on any atom is -0.483 e. The molecule has 0 saturated heterocycles. The van der Waals surface area contributed by atoms with Crippen LogP contribution in [0.2, 0.25) is 0 Å². The van der Waals surface area contributed by atoms with Crippen LogP contribution in [-0.2, 0) is 11.2 Å². The number of carbonyl (C=O) groups is 1. The van der Waals surface area contributed by atoms with E-state index in [1.807, 2.05) is 37.3 Å². The number of ether oxygens (including phenoxy) is 1. The topological polar surface area (TPSA) is 38.3 Å². The van der Waals surface area contributed by atoms with Gasteiger partial charge in [-0.3, -0.25) is 4.79 Å². The third kappa shape index (κ3) is 4.59. The number of hydrogen-bond acceptors (Lipinski definition) is 2. The summed E-state index contributed by atoms with van der Waals surface area (Å²) in [5.41, 5.74) is 4.23. The maximum absolute atomic E-state index is 12.2. The lowest BCUT2D eigenvalue weighted by atomic mass is 10.0. The van der Waals surface area contributed by atoms with Crippen LogP contribution in [0.5, 0.6) is 5.75 Å². The molecule has 0 saturated carbocycles. The van der Waals surface area contributed by atoms with Crippen LogP contribution in [0.4, 0.5) is 5.69 Å². The smallest absolute Gasteiger partial charge is 0.262 e. The first-order valence-corrected chi connectivity index (χ1v) is 8.12. The number of amides is 1. The molecule has 0 heterocycles. The normalized spacial score (nSPS) is 10.7. The maximum atomic E-state index is 12.2. The van der Waals surface area contributed by atoms with E-state index in [-0.39, 0.29) is 12.5 Å². The van der Waals surface area contributed by atoms with E-state index in [0.717, 1.165) is 34.5 Å². The summed E-state index contributed by atoms with van der Waals surface area (Å²) in [7, 11) is 0. The molecule has 2 aromatic carbocycles. The van der Waals surface area contributed by atoms with E-state index in [0.29, 0.717) is 5.92 Å². The highest BCUT2D eigenvalue weighted by atomic mass is 16.5. The molecule has 0 bridgehead atoms. The molecule has 0 aromatic heterocycles. The van der Waals surface area contributed by atoms with E-state index in [4.69, 9.17) is 4.74 Å². The van der Waals surface area contributed by atoms with Gasteiger partial charge in [-0.2, -0.15) is 0 Å². The van der Waals surface area contributed by atoms with Crippen LogP contribution >= 0.6 is 0 Å². The van der Waals surface area contributed by atoms with Gasteiger partial charge in [0.05, 0.1) is 0 Å². The Morgan fingerprint density at radius 3 is 2.61 bits per heavy atom. The van der Waals surface area contributed by atoms with Gasteiger partial charge in [-0.1, -0.05) is 51.1 Å². The molecule has 1 amide bonds. The number of aryl methyl sites for hydroxylation is 2. The number of anilines is 1. The van der Waals surface area contributed by atoms with Gasteiger partial charge >= 0.3 is 0 Å². The van der Waals surface area contributed by atoms with Crippen LogP contribution in [-0.4, -0.2) is 12.5 Å². The Bertz CT molecular complexity index is 677. The van der Waals surface area contributed by atoms with Crippen LogP contribution < -0.4 is 10.1 Å². The van der Waals surface area contributed by atoms with Gasteiger partial charge in [0.15, 0.2) is 6.61 Å². The van der Waals surface area contributed by atoms with Gasteiger partial charge in [0.25, 0.3) is 5.91 Å². The summed E-state index contributed by atoms with van der Waals surface area (Å²) in [6.45, 7) is 8.35. The summed E-state index contributed by atoms with van der Waals surface area (Å²) in [5, 5.41) is 2.93. The van der Waals surface area contributed by atoms with E-state index in [1.54, 1.807) is 0 Å². The maximum Gasteiger partial charge on any atom is 0.262 e. The standard InChI is InChI=1S/C20H25NO2/c1-5-16-8-6-7-9-18(16)21-20(22)13-23-19-12-15(4)10-11-17(19)14(2)3/h6-12,14H,5,13H2,1-4H3,(H,21,22). The molecular weight excluding hydrogens is 286 g/mol. The minimum absolute atomic E-state index is 0.0151. The molecule has 0 fully saturated rings. The van der Waals surface area contributed by atoms with Gasteiger partial charge in [-0.25, -0.2) is 0 Å². The van der Waals surface area contributed by atoms with E-state index in [9.17, 15) is 4.79 Å². The third-order valence-electron chi connectivity index (χ3n) is 3.82. The average molecular weight is 311 g/mol. The van der Waals surface area contributed by atoms with Crippen LogP contribution in [0.25, 0.3) is 0 Å². The molecule has 1 N–H and O–H groups in total. The highest BCUT2D eigenvalue weighted by Crippen LogP contribution is 2.27. The van der Waals surface area contributed by atoms with Crippen molar-refractivity contribution in [3.8, 4) is 5.75 Å². The Balaban J connectivity index is 2.03. The van der Waals surface area contributed by atoms with Crippen molar-refractivity contribution < 1.29 is 9.53 Å². The fourth-order valence-electron chi connectivity index (χ4n) is 2.52. The van der Waals surface area contributed by atoms with Crippen molar-refractivity contribution in [2.75, 3.05) is 11.9 Å². The van der Waals surface area contributed by atoms with Crippen LogP contribution in [0.3, 0.4) is 0 Å². The Kier molecular flexibility index (Phi) is 5.80. The zero-order valence-electron chi connectivity index (χ0n) is 14.3. The van der Waals surface area contributed by atoms with Gasteiger partial charge in [0.2, 0.25) is 0 Å². The average Bonchev–Trinajstić information content (AvgIpc) is 2.53. The SMILES string of the molecule is CCc1ccccc1NC(=O)COc1cc(C)ccc1C(C)C. The zero-order valence-corrected chi connectivity index (χ0v) is 14.3. The summed E-state index contributed by atoms with van der Waals surface area (Å²) < 4.78 is 5.77. The second-order valence-electron chi connectivity index (χ2n) is 6.04. The number of nitrogens with one attached hydrogen (secondary N) is 1. The summed E-state index contributed by atoms with van der Waals surface area (Å²) in [5.74, 6) is 1.01. The summed E-state index contributed by atoms with van der Waals surface area (Å²) >= 11 is 0. The molecule has 122 valence electrons. The number of carbonyl (C=O) groups excluding carboxylic acids is 1. The second kappa shape index (κ2) is 7.82. The minimum atomic E-state index is -0.137. The van der Waals surface area contributed by atoms with E-state index in [2.05, 4.69) is 38.2 Å². The number of benzene rings is 2. The lowest BCUT2D eigenvalue weighted by Gasteiger charge is -2.15. The molecule has 3 heteroatoms. The Hall–Kier alpha value is -2.29. The first-order valence-electron chi connectivity index (χ1n) is 8.12. The van der Waals surface area contributed by atoms with E-state index >= 15 is 0 Å². The van der Waals surface area contributed by atoms with Crippen molar-refractivity contribution >= 4 is 11.6 Å². The van der Waals surface area contributed by atoms with Crippen molar-refractivity contribution in [1.29, 1.82) is 0 Å². The van der Waals surface area contributed by atoms with Crippen LogP contribution in [0.15, 0.2) is 42.5 Å². The van der Waals surface area contributed by atoms with Crippen molar-refractivity contribution in [3.63, 3.8) is 0 Å². The molecular formula is C20H25NO2. The van der Waals surface area contributed by atoms with Gasteiger partial charge in [-0.05, 0) is 48.1 Å². The summed E-state index contributed by atoms with van der Waals surface area (Å²) in [6.07, 6.45) is 0.882. The lowest BCUT2D eigenvalue weighted by molar-refractivity contribution is -0.118. The highest BCUT2D eigenvalue weighted by Gasteiger charge is 2.11. The van der Waals surface area contributed by atoms with Crippen LogP contribution in [0, 0.1) is 6.92 Å². The highest BCUT2D eigenvalue weighted by molar-refractivity contribution is 5.92. The molecule has 23 heavy (non-hydrogen) atoms. The first-order chi connectivity index (χ1) is 11.0. The molecule has 0 aliphatic carbocycles. The van der Waals surface area contributed by atoms with Crippen molar-refractivity contribution in [3.05, 3.63) is 59.2 Å². The molecule has 0 aliphatic rings. The largest absolute Gasteiger partial charge is 0.483 e. The monoisotopic (exact) mass is 311 g/mol. The fourth-order valence-corrected chi connectivity index (χ4v) is 2.52. The molecule has 2 rings (SSSR count). The molecule has 0 spiro atoms. The summed E-state index contributed by atoms with van der Waals surface area (Å²) in [4.78, 5) is 12.2. The molecule has 0 radical (unpaired) electrons. The van der Waals surface area contributed by atoms with Crippen molar-refractivity contribution in [2.24, 2.45) is 0 Å². The Morgan fingerprint density at radius 2 is 1.91 bits per heavy atom. The quantitative estimate of drug-likeness (QED) is 0.840. The number of para-hydroxylation sites is 1. The molecule has 0 aliphatic heterocycles. The van der Waals surface area contributed by atoms with Crippen molar-refractivity contribution in [2.45, 2.75) is 40.0 Å². The fraction of sp³-hybridized carbons (Fsp3) is 0.350. The van der Waals surface area contributed by atoms with Gasteiger partial charge in [0, 0.05) is 5.69 Å². The van der Waals surface area contributed by atoms with E-state index < -0.39 is 0 Å². The number of rotatable bonds is 6. The third-order valence-corrected chi connectivity index (χ3v) is 3.82. The molecule has 2 aromatic rings. The number of hydrogen-bond donors (Lipinski definition) is 1. The van der Waals surface area contributed by atoms with Crippen molar-refractivity contribution in [1.82, 2.24) is 0 Å². The van der Waals surface area contributed by atoms with Gasteiger partial charge in [-0.15, -0.1) is 0 Å². The van der Waals surface area contributed by atoms with Crippen LogP contribution in [0.1, 0.15) is 43.4 Å². The van der Waals surface area contributed by atoms with E-state index in [1.165, 1.54) is 0 Å². The van der Waals surface area contributed by atoms with Gasteiger partial charge < -0.3 is 10.1 Å². The first kappa shape index (κ1) is 17.1. The predicted molar refractivity (Wildman–Crippen MR) is 95.2 cm³/mol. The molecule has 0 unspecified atom stereocenters. The second-order valence-corrected chi connectivity index (χ2v) is 6.04. The lowest BCUT2D eigenvalue weighted by Crippen LogP contribution is -2.21. The summed E-state index contributed by atoms with van der Waals surface area (Å²) in [6, 6.07) is 14.0. The Labute approximate surface area is 138 Å². The predicted octanol–water partition coefficient (Wildman–Crippen LogP) is 4.70. The zero-order chi connectivity index (χ0) is 16.8.